The molecule has 5 heterocycles. The van der Waals surface area contributed by atoms with Crippen molar-refractivity contribution >= 4 is 23.8 Å². The molecule has 28 heavy (non-hydrogen) atoms. The second-order valence-electron chi connectivity index (χ2n) is 7.12. The van der Waals surface area contributed by atoms with Gasteiger partial charge in [-0.1, -0.05) is 18.2 Å². The minimum absolute atomic E-state index is 0.146. The molecule has 1 fully saturated rings. The molecule has 0 aliphatic carbocycles. The van der Waals surface area contributed by atoms with Crippen LogP contribution >= 0.6 is 11.6 Å². The number of ether oxygens (including phenoxy) is 1. The van der Waals surface area contributed by atoms with E-state index in [1.54, 1.807) is 17.3 Å². The van der Waals surface area contributed by atoms with Gasteiger partial charge in [-0.25, -0.2) is 15.0 Å². The third-order valence-corrected chi connectivity index (χ3v) is 5.89. The summed E-state index contributed by atoms with van der Waals surface area (Å²) < 4.78 is 7.59. The van der Waals surface area contributed by atoms with Gasteiger partial charge >= 0.3 is 0 Å². The van der Waals surface area contributed by atoms with Crippen molar-refractivity contribution in [3.63, 3.8) is 0 Å². The summed E-state index contributed by atoms with van der Waals surface area (Å²) in [6.07, 6.45) is 6.33. The zero-order valence-corrected chi connectivity index (χ0v) is 15.8. The van der Waals surface area contributed by atoms with Crippen LogP contribution in [0, 0.1) is 0 Å². The van der Waals surface area contributed by atoms with Crippen LogP contribution in [0.4, 0.5) is 5.82 Å². The third-order valence-electron chi connectivity index (χ3n) is 5.62. The fourth-order valence-electron chi connectivity index (χ4n) is 4.22. The summed E-state index contributed by atoms with van der Waals surface area (Å²) in [6.45, 7) is 2.83. The molecule has 0 saturated carbocycles. The van der Waals surface area contributed by atoms with Crippen molar-refractivity contribution < 1.29 is 4.74 Å². The maximum Gasteiger partial charge on any atom is 0.209 e. The van der Waals surface area contributed by atoms with Crippen LogP contribution in [0.2, 0.25) is 5.28 Å². The number of aliphatic imine (C=N–C) groups is 1. The van der Waals surface area contributed by atoms with Crippen molar-refractivity contribution in [3.8, 4) is 5.69 Å². The van der Waals surface area contributed by atoms with Gasteiger partial charge in [0.1, 0.15) is 6.34 Å². The maximum atomic E-state index is 6.39. The number of para-hydroxylation sites is 1. The molecule has 3 aliphatic heterocycles. The zero-order chi connectivity index (χ0) is 18.8. The highest BCUT2D eigenvalue weighted by atomic mass is 35.5. The standard InChI is InChI=1S/C18H17ClN8O/c1-11-12(6-7-28-11)14-9-24(23-22-14)25-10-21-17-13-4-2-3-5-15(13)26-16(27(17)25)8-20-18(26)19/h2-5,8-12,17H,6-7H2,1H3. The summed E-state index contributed by atoms with van der Waals surface area (Å²) in [7, 11) is 0. The van der Waals surface area contributed by atoms with E-state index in [2.05, 4.69) is 28.3 Å². The van der Waals surface area contributed by atoms with Gasteiger partial charge in [-0.05, 0) is 36.2 Å². The van der Waals surface area contributed by atoms with Gasteiger partial charge in [-0.2, -0.15) is 5.12 Å². The van der Waals surface area contributed by atoms with Crippen LogP contribution in [0.1, 0.15) is 36.7 Å². The molecule has 3 aliphatic rings. The monoisotopic (exact) mass is 396 g/mol. The molecule has 9 nitrogen and oxygen atoms in total. The fourth-order valence-corrected chi connectivity index (χ4v) is 4.45. The van der Waals surface area contributed by atoms with E-state index in [1.165, 1.54) is 0 Å². The van der Waals surface area contributed by atoms with Crippen LogP contribution in [0.25, 0.3) is 5.69 Å². The molecule has 3 unspecified atom stereocenters. The van der Waals surface area contributed by atoms with E-state index in [-0.39, 0.29) is 18.2 Å². The second-order valence-corrected chi connectivity index (χ2v) is 7.46. The van der Waals surface area contributed by atoms with Gasteiger partial charge in [-0.15, -0.1) is 9.89 Å². The first kappa shape index (κ1) is 16.1. The van der Waals surface area contributed by atoms with Gasteiger partial charge in [0.15, 0.2) is 12.0 Å². The number of benzene rings is 1. The molecule has 1 aromatic carbocycles. The minimum atomic E-state index is -0.210. The Kier molecular flexibility index (Phi) is 3.33. The number of nitrogens with zero attached hydrogens (tertiary/aromatic N) is 8. The van der Waals surface area contributed by atoms with Gasteiger partial charge in [0, 0.05) is 18.1 Å². The van der Waals surface area contributed by atoms with Gasteiger partial charge in [-0.3, -0.25) is 4.57 Å². The van der Waals surface area contributed by atoms with E-state index in [0.29, 0.717) is 5.28 Å². The first-order valence-electron chi connectivity index (χ1n) is 9.21. The minimum Gasteiger partial charge on any atom is -0.378 e. The van der Waals surface area contributed by atoms with Crippen molar-refractivity contribution in [2.45, 2.75) is 31.5 Å². The number of fused-ring (bicyclic) bond motifs is 6. The Morgan fingerprint density at radius 3 is 3.00 bits per heavy atom. The smallest absolute Gasteiger partial charge is 0.209 e. The topological polar surface area (TPSA) is 76.6 Å². The molecular formula is C18H17ClN8O. The van der Waals surface area contributed by atoms with E-state index in [0.717, 1.165) is 35.8 Å². The van der Waals surface area contributed by atoms with E-state index in [9.17, 15) is 0 Å². The van der Waals surface area contributed by atoms with Crippen molar-refractivity contribution in [2.75, 3.05) is 16.7 Å². The first-order chi connectivity index (χ1) is 13.7. The largest absolute Gasteiger partial charge is 0.378 e. The van der Waals surface area contributed by atoms with Crippen molar-refractivity contribution in [1.82, 2.24) is 24.7 Å². The summed E-state index contributed by atoms with van der Waals surface area (Å²) in [5.41, 5.74) is 2.95. The number of anilines is 1. The van der Waals surface area contributed by atoms with E-state index in [1.807, 2.05) is 39.1 Å². The Morgan fingerprint density at radius 2 is 2.14 bits per heavy atom. The normalized spacial score (nSPS) is 25.1. The van der Waals surface area contributed by atoms with Crippen LogP contribution in [0.3, 0.4) is 0 Å². The Balaban J connectivity index is 1.42. The Hall–Kier alpha value is -2.91. The average molecular weight is 397 g/mol. The number of hydrogen-bond donors (Lipinski definition) is 0. The molecule has 0 radical (unpaired) electrons. The number of hydrazine groups is 1. The van der Waals surface area contributed by atoms with Crippen LogP contribution in [0.5, 0.6) is 0 Å². The highest BCUT2D eigenvalue weighted by Gasteiger charge is 2.40. The molecule has 1 saturated heterocycles. The van der Waals surface area contributed by atoms with E-state index in [4.69, 9.17) is 21.3 Å². The molecule has 0 bridgehead atoms. The maximum absolute atomic E-state index is 6.39. The molecule has 2 aromatic heterocycles. The van der Waals surface area contributed by atoms with Gasteiger partial charge in [0.2, 0.25) is 5.28 Å². The summed E-state index contributed by atoms with van der Waals surface area (Å²) >= 11 is 6.39. The summed E-state index contributed by atoms with van der Waals surface area (Å²) in [6, 6.07) is 8.06. The van der Waals surface area contributed by atoms with Gasteiger partial charge in [0.25, 0.3) is 0 Å². The Bertz CT molecular complexity index is 1090. The van der Waals surface area contributed by atoms with Crippen molar-refractivity contribution in [1.29, 1.82) is 0 Å². The van der Waals surface area contributed by atoms with E-state index >= 15 is 0 Å². The molecule has 142 valence electrons. The van der Waals surface area contributed by atoms with E-state index < -0.39 is 0 Å². The van der Waals surface area contributed by atoms with Crippen molar-refractivity contribution in [2.24, 2.45) is 4.99 Å². The lowest BCUT2D eigenvalue weighted by Gasteiger charge is -2.36. The number of rotatable bonds is 2. The Labute approximate surface area is 165 Å². The summed E-state index contributed by atoms with van der Waals surface area (Å²) in [5.74, 6) is 1.08. The molecule has 3 atom stereocenters. The first-order valence-corrected chi connectivity index (χ1v) is 9.58. The lowest BCUT2D eigenvalue weighted by molar-refractivity contribution is 0.118. The fraction of sp³-hybridized carbons (Fsp3) is 0.333. The second kappa shape index (κ2) is 5.79. The van der Waals surface area contributed by atoms with Crippen LogP contribution < -0.4 is 10.1 Å². The quantitative estimate of drug-likeness (QED) is 0.662. The third kappa shape index (κ3) is 2.11. The van der Waals surface area contributed by atoms with Crippen LogP contribution in [-0.4, -0.2) is 43.7 Å². The predicted octanol–water partition coefficient (Wildman–Crippen LogP) is 2.42. The summed E-state index contributed by atoms with van der Waals surface area (Å²) in [4.78, 5) is 10.7. The zero-order valence-electron chi connectivity index (χ0n) is 15.1. The molecule has 3 aromatic rings. The average Bonchev–Trinajstić information content (AvgIpc) is 3.46. The van der Waals surface area contributed by atoms with Gasteiger partial charge < -0.3 is 4.74 Å². The van der Waals surface area contributed by atoms with Gasteiger partial charge in [0.05, 0.1) is 29.9 Å². The van der Waals surface area contributed by atoms with Crippen LogP contribution in [0.15, 0.2) is 41.7 Å². The highest BCUT2D eigenvalue weighted by Crippen LogP contribution is 2.42. The number of hydrogen-bond acceptors (Lipinski definition) is 7. The lowest BCUT2D eigenvalue weighted by Crippen LogP contribution is -2.49. The predicted molar refractivity (Wildman–Crippen MR) is 103 cm³/mol. The molecule has 0 spiro atoms. The van der Waals surface area contributed by atoms with Crippen molar-refractivity contribution in [3.05, 3.63) is 53.2 Å². The SMILES string of the molecule is CC1OCCC1c1cn(N2C=NC3c4ccccc4-n4c(cnc4Cl)N32)nn1. The number of imidazole rings is 1. The molecule has 10 heteroatoms. The Morgan fingerprint density at radius 1 is 1.25 bits per heavy atom. The number of halogens is 1. The number of aromatic nitrogens is 5. The highest BCUT2D eigenvalue weighted by molar-refractivity contribution is 6.29. The van der Waals surface area contributed by atoms with Crippen LogP contribution in [-0.2, 0) is 4.74 Å². The molecule has 0 N–H and O–H groups in total. The lowest BCUT2D eigenvalue weighted by atomic mass is 10.00. The molecular weight excluding hydrogens is 380 g/mol. The molecule has 6 rings (SSSR count). The molecule has 0 amide bonds. The summed E-state index contributed by atoms with van der Waals surface area (Å²) in [5, 5.41) is 13.0.